The number of hydrogen-bond acceptors (Lipinski definition) is 2. The third-order valence-electron chi connectivity index (χ3n) is 3.35. The van der Waals surface area contributed by atoms with Crippen LogP contribution in [0.4, 0.5) is 5.69 Å². The summed E-state index contributed by atoms with van der Waals surface area (Å²) in [6, 6.07) is 11.7. The van der Waals surface area contributed by atoms with Crippen LogP contribution in [0.2, 0.25) is 10.2 Å². The minimum atomic E-state index is -0.225. The summed E-state index contributed by atoms with van der Waals surface area (Å²) in [4.78, 5) is 16.8. The van der Waals surface area contributed by atoms with E-state index in [2.05, 4.69) is 15.2 Å². The third kappa shape index (κ3) is 3.93. The highest BCUT2D eigenvalue weighted by Gasteiger charge is 2.14. The van der Waals surface area contributed by atoms with Crippen molar-refractivity contribution >= 4 is 34.8 Å². The number of halogens is 2. The zero-order valence-electron chi connectivity index (χ0n) is 11.9. The van der Waals surface area contributed by atoms with Crippen molar-refractivity contribution in [2.75, 3.05) is 18.5 Å². The van der Waals surface area contributed by atoms with Crippen molar-refractivity contribution in [3.8, 4) is 0 Å². The Morgan fingerprint density at radius 1 is 1.33 bits per heavy atom. The molecule has 0 radical (unpaired) electrons. The molecule has 2 N–H and O–H groups in total. The standard InChI is InChI=1S/C15H17Cl2N3O/c1-10(20(2)11-6-4-3-5-7-11)9-18-15(21)13-8-12(16)14(17)19-13/h3-8,10,19H,9H2,1-2H3,(H,18,21). The summed E-state index contributed by atoms with van der Waals surface area (Å²) in [5.41, 5.74) is 1.46. The molecule has 1 unspecified atom stereocenters. The molecule has 0 aliphatic heterocycles. The number of carbonyl (C=O) groups excluding carboxylic acids is 1. The second kappa shape index (κ2) is 6.87. The van der Waals surface area contributed by atoms with Gasteiger partial charge in [0.15, 0.2) is 0 Å². The van der Waals surface area contributed by atoms with E-state index < -0.39 is 0 Å². The summed E-state index contributed by atoms with van der Waals surface area (Å²) in [6.07, 6.45) is 0. The van der Waals surface area contributed by atoms with Crippen LogP contribution in [0.15, 0.2) is 36.4 Å². The first-order valence-electron chi connectivity index (χ1n) is 6.59. The molecule has 1 heterocycles. The average Bonchev–Trinajstić information content (AvgIpc) is 2.84. The van der Waals surface area contributed by atoms with Gasteiger partial charge in [0.05, 0.1) is 5.02 Å². The molecule has 4 nitrogen and oxygen atoms in total. The van der Waals surface area contributed by atoms with E-state index in [1.807, 2.05) is 44.3 Å². The largest absolute Gasteiger partial charge is 0.370 e. The number of likely N-dealkylation sites (N-methyl/N-ethyl adjacent to an activating group) is 1. The van der Waals surface area contributed by atoms with Crippen LogP contribution in [0.25, 0.3) is 0 Å². The summed E-state index contributed by atoms with van der Waals surface area (Å²) in [5, 5.41) is 3.48. The minimum absolute atomic E-state index is 0.150. The molecule has 1 aromatic carbocycles. The van der Waals surface area contributed by atoms with E-state index in [1.165, 1.54) is 6.07 Å². The first-order chi connectivity index (χ1) is 9.99. The average molecular weight is 326 g/mol. The van der Waals surface area contributed by atoms with Gasteiger partial charge in [0.1, 0.15) is 10.8 Å². The highest BCUT2D eigenvalue weighted by atomic mass is 35.5. The summed E-state index contributed by atoms with van der Waals surface area (Å²) in [7, 11) is 1.99. The van der Waals surface area contributed by atoms with E-state index in [-0.39, 0.29) is 17.1 Å². The quantitative estimate of drug-likeness (QED) is 0.882. The SMILES string of the molecule is CC(CNC(=O)c1cc(Cl)c(Cl)[nH]1)N(C)c1ccccc1. The molecule has 2 rings (SSSR count). The number of para-hydroxylation sites is 1. The van der Waals surface area contributed by atoms with Gasteiger partial charge >= 0.3 is 0 Å². The molecule has 1 aromatic heterocycles. The molecule has 21 heavy (non-hydrogen) atoms. The number of H-pyrrole nitrogens is 1. The Bertz CT molecular complexity index is 593. The molecule has 0 saturated carbocycles. The van der Waals surface area contributed by atoms with E-state index in [0.29, 0.717) is 17.3 Å². The van der Waals surface area contributed by atoms with Crippen molar-refractivity contribution in [2.24, 2.45) is 0 Å². The second-order valence-corrected chi connectivity index (χ2v) is 5.64. The van der Waals surface area contributed by atoms with Crippen molar-refractivity contribution in [1.29, 1.82) is 0 Å². The Morgan fingerprint density at radius 2 is 2.00 bits per heavy atom. The zero-order chi connectivity index (χ0) is 15.4. The van der Waals surface area contributed by atoms with Gasteiger partial charge in [0, 0.05) is 25.3 Å². The van der Waals surface area contributed by atoms with E-state index in [9.17, 15) is 4.79 Å². The van der Waals surface area contributed by atoms with Gasteiger partial charge < -0.3 is 15.2 Å². The van der Waals surface area contributed by atoms with Crippen LogP contribution in [-0.4, -0.2) is 30.5 Å². The smallest absolute Gasteiger partial charge is 0.267 e. The van der Waals surface area contributed by atoms with Gasteiger partial charge in [-0.15, -0.1) is 0 Å². The van der Waals surface area contributed by atoms with Gasteiger partial charge in [0.2, 0.25) is 0 Å². The zero-order valence-corrected chi connectivity index (χ0v) is 13.4. The molecule has 0 fully saturated rings. The first kappa shape index (κ1) is 15.7. The molecule has 0 aliphatic carbocycles. The van der Waals surface area contributed by atoms with Crippen molar-refractivity contribution in [3.63, 3.8) is 0 Å². The van der Waals surface area contributed by atoms with E-state index in [1.54, 1.807) is 0 Å². The lowest BCUT2D eigenvalue weighted by Gasteiger charge is -2.27. The van der Waals surface area contributed by atoms with E-state index in [4.69, 9.17) is 23.2 Å². The van der Waals surface area contributed by atoms with Crippen molar-refractivity contribution in [2.45, 2.75) is 13.0 Å². The summed E-state index contributed by atoms with van der Waals surface area (Å²) < 4.78 is 0. The van der Waals surface area contributed by atoms with Crippen molar-refractivity contribution < 1.29 is 4.79 Å². The molecular weight excluding hydrogens is 309 g/mol. The Balaban J connectivity index is 1.91. The number of nitrogens with one attached hydrogen (secondary N) is 2. The van der Waals surface area contributed by atoms with Crippen LogP contribution in [0.1, 0.15) is 17.4 Å². The highest BCUT2D eigenvalue weighted by Crippen LogP contribution is 2.21. The number of carbonyl (C=O) groups is 1. The maximum absolute atomic E-state index is 12.0. The summed E-state index contributed by atoms with van der Waals surface area (Å²) in [5.74, 6) is -0.225. The number of hydrogen-bond donors (Lipinski definition) is 2. The van der Waals surface area contributed by atoms with Gasteiger partial charge in [-0.25, -0.2) is 0 Å². The van der Waals surface area contributed by atoms with Crippen LogP contribution in [0, 0.1) is 0 Å². The number of anilines is 1. The van der Waals surface area contributed by atoms with Gasteiger partial charge in [-0.2, -0.15) is 0 Å². The number of nitrogens with zero attached hydrogens (tertiary/aromatic N) is 1. The fourth-order valence-electron chi connectivity index (χ4n) is 1.92. The van der Waals surface area contributed by atoms with Crippen molar-refractivity contribution in [3.05, 3.63) is 52.3 Å². The van der Waals surface area contributed by atoms with E-state index in [0.717, 1.165) is 5.69 Å². The Hall–Kier alpha value is -1.65. The third-order valence-corrected chi connectivity index (χ3v) is 4.05. The van der Waals surface area contributed by atoms with Gasteiger partial charge in [0.25, 0.3) is 5.91 Å². The van der Waals surface area contributed by atoms with Gasteiger partial charge in [-0.05, 0) is 25.1 Å². The van der Waals surface area contributed by atoms with Gasteiger partial charge in [-0.3, -0.25) is 4.79 Å². The normalized spacial score (nSPS) is 12.0. The maximum Gasteiger partial charge on any atom is 0.267 e. The lowest BCUT2D eigenvalue weighted by molar-refractivity contribution is 0.0947. The monoisotopic (exact) mass is 325 g/mol. The molecule has 0 aliphatic rings. The highest BCUT2D eigenvalue weighted by molar-refractivity contribution is 6.41. The number of aromatic amines is 1. The lowest BCUT2D eigenvalue weighted by Crippen LogP contribution is -2.40. The van der Waals surface area contributed by atoms with Crippen LogP contribution < -0.4 is 10.2 Å². The van der Waals surface area contributed by atoms with Crippen LogP contribution in [0.3, 0.4) is 0 Å². The molecule has 6 heteroatoms. The predicted molar refractivity (Wildman–Crippen MR) is 87.5 cm³/mol. The molecule has 1 atom stereocenters. The fraction of sp³-hybridized carbons (Fsp3) is 0.267. The minimum Gasteiger partial charge on any atom is -0.370 e. The van der Waals surface area contributed by atoms with E-state index >= 15 is 0 Å². The summed E-state index contributed by atoms with van der Waals surface area (Å²) >= 11 is 11.6. The molecule has 2 aromatic rings. The molecule has 0 bridgehead atoms. The van der Waals surface area contributed by atoms with Crippen LogP contribution in [-0.2, 0) is 0 Å². The van der Waals surface area contributed by atoms with Crippen molar-refractivity contribution in [1.82, 2.24) is 10.3 Å². The van der Waals surface area contributed by atoms with Crippen LogP contribution in [0.5, 0.6) is 0 Å². The molecule has 0 saturated heterocycles. The Labute approximate surface area is 134 Å². The molecular formula is C15H17Cl2N3O. The predicted octanol–water partition coefficient (Wildman–Crippen LogP) is 3.58. The summed E-state index contributed by atoms with van der Waals surface area (Å²) in [6.45, 7) is 2.56. The van der Waals surface area contributed by atoms with Gasteiger partial charge in [-0.1, -0.05) is 41.4 Å². The molecule has 112 valence electrons. The first-order valence-corrected chi connectivity index (χ1v) is 7.34. The lowest BCUT2D eigenvalue weighted by atomic mass is 10.2. The van der Waals surface area contributed by atoms with Crippen LogP contribution >= 0.6 is 23.2 Å². The number of aromatic nitrogens is 1. The fourth-order valence-corrected chi connectivity index (χ4v) is 2.23. The molecule has 1 amide bonds. The topological polar surface area (TPSA) is 48.1 Å². The Kier molecular flexibility index (Phi) is 5.15. The number of benzene rings is 1. The number of rotatable bonds is 5. The second-order valence-electron chi connectivity index (χ2n) is 4.85. The Morgan fingerprint density at radius 3 is 2.57 bits per heavy atom. The number of amides is 1. The molecule has 0 spiro atoms. The maximum atomic E-state index is 12.0.